The van der Waals surface area contributed by atoms with E-state index in [1.54, 1.807) is 7.11 Å². The molecule has 0 radical (unpaired) electrons. The zero-order valence-electron chi connectivity index (χ0n) is 17.2. The normalized spacial score (nSPS) is 23.8. The van der Waals surface area contributed by atoms with Gasteiger partial charge in [0.05, 0.1) is 22.7 Å². The summed E-state index contributed by atoms with van der Waals surface area (Å²) in [6.07, 6.45) is 0.290. The number of carbonyl (C=O) groups excluding carboxylic acids is 1. The summed E-state index contributed by atoms with van der Waals surface area (Å²) in [5.41, 5.74) is -0.301. The first-order chi connectivity index (χ1) is 14.3. The quantitative estimate of drug-likeness (QED) is 0.726. The number of carbonyl (C=O) groups is 1. The highest BCUT2D eigenvalue weighted by atomic mass is 19.4. The summed E-state index contributed by atoms with van der Waals surface area (Å²) in [7, 11) is 1.68. The number of halogens is 3. The standard InChI is InChI=1S/C21H26F3N3O3/c1-12-10-16(21(22,23)24)17-18(26-30-19(17)25-12)13-6-8-27(9-7-13)20(28)14-4-3-5-15(11-14)29-2/h10,13-15H,3-9,11H2,1-2H3/t14-,15-/m1/s1. The van der Waals surface area contributed by atoms with Gasteiger partial charge in [0.25, 0.3) is 5.71 Å². The highest BCUT2D eigenvalue weighted by Gasteiger charge is 2.38. The lowest BCUT2D eigenvalue weighted by Gasteiger charge is -2.36. The molecule has 164 valence electrons. The highest BCUT2D eigenvalue weighted by molar-refractivity contribution is 5.82. The van der Waals surface area contributed by atoms with E-state index in [-0.39, 0.29) is 40.6 Å². The van der Waals surface area contributed by atoms with E-state index in [9.17, 15) is 18.0 Å². The van der Waals surface area contributed by atoms with Gasteiger partial charge in [0.2, 0.25) is 5.91 Å². The molecule has 2 aromatic rings. The molecule has 2 aliphatic rings. The summed E-state index contributed by atoms with van der Waals surface area (Å²) < 4.78 is 51.4. The van der Waals surface area contributed by atoms with Crippen LogP contribution in [0.2, 0.25) is 0 Å². The van der Waals surface area contributed by atoms with Crippen molar-refractivity contribution in [2.45, 2.75) is 63.6 Å². The van der Waals surface area contributed by atoms with Crippen LogP contribution in [0.25, 0.3) is 11.1 Å². The molecule has 0 unspecified atom stereocenters. The van der Waals surface area contributed by atoms with Crippen molar-refractivity contribution in [2.24, 2.45) is 5.92 Å². The first-order valence-corrected chi connectivity index (χ1v) is 10.4. The molecule has 3 heterocycles. The predicted octanol–water partition coefficient (Wildman–Crippen LogP) is 4.46. The van der Waals surface area contributed by atoms with Gasteiger partial charge >= 0.3 is 6.18 Å². The van der Waals surface area contributed by atoms with Crippen molar-refractivity contribution in [3.05, 3.63) is 23.0 Å². The largest absolute Gasteiger partial charge is 0.417 e. The molecule has 0 N–H and O–H groups in total. The fourth-order valence-electron chi connectivity index (χ4n) is 4.81. The summed E-state index contributed by atoms with van der Waals surface area (Å²) in [6.45, 7) is 2.51. The van der Waals surface area contributed by atoms with Gasteiger partial charge in [0, 0.05) is 37.7 Å². The Bertz CT molecular complexity index is 919. The van der Waals surface area contributed by atoms with Crippen LogP contribution in [0.15, 0.2) is 10.6 Å². The number of aryl methyl sites for hydroxylation is 1. The number of piperidine rings is 1. The maximum Gasteiger partial charge on any atom is 0.417 e. The van der Waals surface area contributed by atoms with Crippen LogP contribution in [-0.2, 0) is 15.7 Å². The van der Waals surface area contributed by atoms with E-state index in [1.165, 1.54) is 6.92 Å². The second kappa shape index (κ2) is 8.17. The number of likely N-dealkylation sites (tertiary alicyclic amines) is 1. The second-order valence-electron chi connectivity index (χ2n) is 8.38. The van der Waals surface area contributed by atoms with E-state index in [4.69, 9.17) is 9.26 Å². The van der Waals surface area contributed by atoms with Gasteiger partial charge in [-0.2, -0.15) is 13.2 Å². The van der Waals surface area contributed by atoms with Crippen LogP contribution < -0.4 is 0 Å². The maximum absolute atomic E-state index is 13.6. The van der Waals surface area contributed by atoms with Gasteiger partial charge in [0.15, 0.2) is 0 Å². The lowest BCUT2D eigenvalue weighted by Crippen LogP contribution is -2.43. The fraction of sp³-hybridized carbons (Fsp3) is 0.667. The Morgan fingerprint density at radius 2 is 1.97 bits per heavy atom. The average molecular weight is 425 g/mol. The molecule has 1 aliphatic heterocycles. The van der Waals surface area contributed by atoms with E-state index in [1.807, 2.05) is 4.90 Å². The molecule has 2 aromatic heterocycles. The number of rotatable bonds is 3. The van der Waals surface area contributed by atoms with Gasteiger partial charge in [-0.25, -0.2) is 4.98 Å². The van der Waals surface area contributed by atoms with E-state index in [0.29, 0.717) is 31.6 Å². The van der Waals surface area contributed by atoms with E-state index in [2.05, 4.69) is 10.1 Å². The number of hydrogen-bond acceptors (Lipinski definition) is 5. The molecule has 0 bridgehead atoms. The van der Waals surface area contributed by atoms with Gasteiger partial charge in [-0.1, -0.05) is 11.6 Å². The lowest BCUT2D eigenvalue weighted by molar-refractivity contribution is -0.139. The number of pyridine rings is 1. The number of methoxy groups -OCH3 is 1. The first kappa shape index (κ1) is 21.1. The summed E-state index contributed by atoms with van der Waals surface area (Å²) >= 11 is 0. The van der Waals surface area contributed by atoms with Gasteiger partial charge in [-0.3, -0.25) is 4.79 Å². The number of amides is 1. The molecule has 2 fully saturated rings. The Hall–Kier alpha value is -2.16. The molecule has 4 rings (SSSR count). The molecule has 2 atom stereocenters. The maximum atomic E-state index is 13.6. The van der Waals surface area contributed by atoms with Crippen LogP contribution >= 0.6 is 0 Å². The molecular weight excluding hydrogens is 399 g/mol. The van der Waals surface area contributed by atoms with E-state index < -0.39 is 11.7 Å². The van der Waals surface area contributed by atoms with Crippen LogP contribution in [0, 0.1) is 12.8 Å². The van der Waals surface area contributed by atoms with Crippen LogP contribution in [0.1, 0.15) is 61.4 Å². The molecule has 1 saturated carbocycles. The molecular formula is C21H26F3N3O3. The third-order valence-electron chi connectivity index (χ3n) is 6.41. The molecule has 6 nitrogen and oxygen atoms in total. The molecule has 1 aliphatic carbocycles. The minimum absolute atomic E-state index is 0.0304. The SMILES string of the molecule is CO[C@@H]1CCC[C@@H](C(=O)N2CCC(c3noc4nc(C)cc(C(F)(F)F)c34)CC2)C1. The Kier molecular flexibility index (Phi) is 5.74. The second-order valence-corrected chi connectivity index (χ2v) is 8.38. The van der Waals surface area contributed by atoms with Crippen LogP contribution in [-0.4, -0.2) is 47.3 Å². The van der Waals surface area contributed by atoms with Gasteiger partial charge in [-0.15, -0.1) is 0 Å². The van der Waals surface area contributed by atoms with Crippen LogP contribution in [0.4, 0.5) is 13.2 Å². The average Bonchev–Trinajstić information content (AvgIpc) is 3.15. The number of hydrogen-bond donors (Lipinski definition) is 0. The fourth-order valence-corrected chi connectivity index (χ4v) is 4.81. The summed E-state index contributed by atoms with van der Waals surface area (Å²) in [5.74, 6) is -0.0930. The van der Waals surface area contributed by atoms with Crippen LogP contribution in [0.5, 0.6) is 0 Å². The first-order valence-electron chi connectivity index (χ1n) is 10.4. The van der Waals surface area contributed by atoms with Crippen molar-refractivity contribution < 1.29 is 27.2 Å². The van der Waals surface area contributed by atoms with Gasteiger partial charge in [-0.05, 0) is 45.1 Å². The minimum atomic E-state index is -4.51. The monoisotopic (exact) mass is 425 g/mol. The molecule has 1 amide bonds. The lowest BCUT2D eigenvalue weighted by atomic mass is 9.85. The molecule has 1 saturated heterocycles. The Morgan fingerprint density at radius 3 is 2.63 bits per heavy atom. The minimum Gasteiger partial charge on any atom is -0.381 e. The topological polar surface area (TPSA) is 68.5 Å². The molecule has 0 spiro atoms. The summed E-state index contributed by atoms with van der Waals surface area (Å²) in [5, 5.41) is 3.91. The van der Waals surface area contributed by atoms with Crippen molar-refractivity contribution in [1.29, 1.82) is 0 Å². The Morgan fingerprint density at radius 1 is 1.23 bits per heavy atom. The Labute approximate surface area is 172 Å². The number of fused-ring (bicyclic) bond motifs is 1. The van der Waals surface area contributed by atoms with Crippen molar-refractivity contribution in [2.75, 3.05) is 20.2 Å². The van der Waals surface area contributed by atoms with Gasteiger partial charge in [0.1, 0.15) is 0 Å². The predicted molar refractivity (Wildman–Crippen MR) is 103 cm³/mol. The molecule has 30 heavy (non-hydrogen) atoms. The van der Waals surface area contributed by atoms with Crippen molar-refractivity contribution in [3.63, 3.8) is 0 Å². The third-order valence-corrected chi connectivity index (χ3v) is 6.41. The summed E-state index contributed by atoms with van der Waals surface area (Å²) in [4.78, 5) is 18.8. The number of alkyl halides is 3. The zero-order valence-corrected chi connectivity index (χ0v) is 17.2. The Balaban J connectivity index is 1.49. The van der Waals surface area contributed by atoms with Crippen molar-refractivity contribution in [1.82, 2.24) is 15.0 Å². The number of nitrogens with zero attached hydrogens (tertiary/aromatic N) is 3. The highest BCUT2D eigenvalue weighted by Crippen LogP contribution is 2.40. The van der Waals surface area contributed by atoms with E-state index >= 15 is 0 Å². The number of aromatic nitrogens is 2. The van der Waals surface area contributed by atoms with E-state index in [0.717, 1.165) is 31.7 Å². The molecule has 9 heteroatoms. The smallest absolute Gasteiger partial charge is 0.381 e. The van der Waals surface area contributed by atoms with Crippen molar-refractivity contribution >= 4 is 17.0 Å². The summed E-state index contributed by atoms with van der Waals surface area (Å²) in [6, 6.07) is 1.04. The number of ether oxygens (including phenoxy) is 1. The third kappa shape index (κ3) is 4.04. The van der Waals surface area contributed by atoms with Crippen molar-refractivity contribution in [3.8, 4) is 0 Å². The van der Waals surface area contributed by atoms with Crippen LogP contribution in [0.3, 0.4) is 0 Å². The zero-order chi connectivity index (χ0) is 21.5. The van der Waals surface area contributed by atoms with Gasteiger partial charge < -0.3 is 14.2 Å². The molecule has 0 aromatic carbocycles.